The van der Waals surface area contributed by atoms with E-state index in [-0.39, 0.29) is 0 Å². The van der Waals surface area contributed by atoms with Gasteiger partial charge >= 0.3 is 0 Å². The zero-order chi connectivity index (χ0) is 17.7. The van der Waals surface area contributed by atoms with Crippen LogP contribution in [0.2, 0.25) is 0 Å². The lowest BCUT2D eigenvalue weighted by molar-refractivity contribution is 0.716. The molecule has 0 aliphatic carbocycles. The van der Waals surface area contributed by atoms with E-state index in [4.69, 9.17) is 0 Å². The van der Waals surface area contributed by atoms with E-state index < -0.39 is 7.26 Å². The van der Waals surface area contributed by atoms with Gasteiger partial charge in [0.15, 0.2) is 0 Å². The van der Waals surface area contributed by atoms with Crippen molar-refractivity contribution in [2.24, 2.45) is 11.8 Å². The lowest BCUT2D eigenvalue weighted by atomic mass is 10.2. The molecule has 2 rings (SSSR count). The van der Waals surface area contributed by atoms with Crippen molar-refractivity contribution in [2.45, 2.75) is 34.6 Å². The van der Waals surface area contributed by atoms with E-state index in [0.717, 1.165) is 11.8 Å². The van der Waals surface area contributed by atoms with Crippen LogP contribution in [0.1, 0.15) is 33.3 Å². The number of hydrogen-bond acceptors (Lipinski definition) is 1. The van der Waals surface area contributed by atoms with Crippen LogP contribution in [0.25, 0.3) is 0 Å². The van der Waals surface area contributed by atoms with Crippen molar-refractivity contribution in [1.29, 1.82) is 0 Å². The van der Waals surface area contributed by atoms with Gasteiger partial charge in [0, 0.05) is 12.9 Å². The van der Waals surface area contributed by atoms with Crippen LogP contribution in [0.5, 0.6) is 0 Å². The van der Waals surface area contributed by atoms with Crippen LogP contribution in [0.15, 0.2) is 48.5 Å². The molecule has 0 radical (unpaired) electrons. The molecule has 0 saturated heterocycles. The van der Waals surface area contributed by atoms with Crippen molar-refractivity contribution < 1.29 is 0 Å². The first-order valence-corrected chi connectivity index (χ1v) is 11.7. The fraction of sp³-hybridized carbons (Fsp3) is 0.455. The lowest BCUT2D eigenvalue weighted by Gasteiger charge is -2.28. The summed E-state index contributed by atoms with van der Waals surface area (Å²) in [7, 11) is -1.19. The predicted octanol–water partition coefficient (Wildman–Crippen LogP) is 6.32. The first-order chi connectivity index (χ1) is 11.3. The van der Waals surface area contributed by atoms with Crippen molar-refractivity contribution in [2.75, 3.05) is 24.3 Å². The molecule has 0 amide bonds. The second-order valence-corrected chi connectivity index (χ2v) is 12.0. The smallest absolute Gasteiger partial charge is 0.117 e. The third-order valence-corrected chi connectivity index (χ3v) is 9.06. The second-order valence-electron chi connectivity index (χ2n) is 8.01. The molecule has 0 fully saturated rings. The maximum Gasteiger partial charge on any atom is 0.117 e. The lowest BCUT2D eigenvalue weighted by Crippen LogP contribution is -2.23. The van der Waals surface area contributed by atoms with E-state index in [1.54, 1.807) is 5.30 Å². The van der Waals surface area contributed by atoms with E-state index in [9.17, 15) is 0 Å². The second kappa shape index (κ2) is 8.17. The molecule has 0 saturated carbocycles. The topological polar surface area (TPSA) is 12.0 Å². The largest absolute Gasteiger partial charge is 0.352 e. The Morgan fingerprint density at radius 2 is 1.29 bits per heavy atom. The summed E-state index contributed by atoms with van der Waals surface area (Å²) in [5.74, 6) is 1.46. The molecule has 0 heterocycles. The highest BCUT2D eigenvalue weighted by Gasteiger charge is 2.38. The molecule has 2 aromatic carbocycles. The van der Waals surface area contributed by atoms with E-state index in [2.05, 4.69) is 95.1 Å². The maximum absolute atomic E-state index is 3.72. The third-order valence-electron chi connectivity index (χ3n) is 4.44. The van der Waals surface area contributed by atoms with Gasteiger partial charge in [-0.15, -0.1) is 0 Å². The minimum absolute atomic E-state index is 0.730. The summed E-state index contributed by atoms with van der Waals surface area (Å²) in [5.41, 5.74) is 3.80. The van der Waals surface area contributed by atoms with Crippen LogP contribution in [0.4, 0.5) is 11.4 Å². The fourth-order valence-electron chi connectivity index (χ4n) is 3.79. The molecule has 0 aromatic heterocycles. The Bertz CT molecular complexity index is 651. The molecular weight excluding hydrogens is 309 g/mol. The molecule has 1 N–H and O–H groups in total. The molecule has 1 nitrogen and oxygen atoms in total. The summed E-state index contributed by atoms with van der Waals surface area (Å²) in [6.07, 6.45) is 2.63. The molecule has 24 heavy (non-hydrogen) atoms. The minimum atomic E-state index is -1.19. The summed E-state index contributed by atoms with van der Waals surface area (Å²) in [5, 5.41) is 5.27. The minimum Gasteiger partial charge on any atom is -0.352 e. The summed E-state index contributed by atoms with van der Waals surface area (Å²) in [4.78, 5) is 0. The van der Waals surface area contributed by atoms with E-state index in [1.807, 2.05) is 0 Å². The van der Waals surface area contributed by atoms with Gasteiger partial charge in [0.25, 0.3) is 0 Å². The first-order valence-electron chi connectivity index (χ1n) is 9.08. The highest BCUT2D eigenvalue weighted by Crippen LogP contribution is 2.58. The Kier molecular flexibility index (Phi) is 6.47. The molecule has 0 aliphatic heterocycles. The van der Waals surface area contributed by atoms with Crippen molar-refractivity contribution >= 4 is 23.9 Å². The Morgan fingerprint density at radius 3 is 1.83 bits per heavy atom. The van der Waals surface area contributed by atoms with E-state index in [1.165, 1.54) is 29.3 Å². The van der Waals surface area contributed by atoms with Gasteiger partial charge < -0.3 is 5.32 Å². The number of anilines is 2. The zero-order valence-electron chi connectivity index (χ0n) is 16.1. The average Bonchev–Trinajstić information content (AvgIpc) is 2.48. The van der Waals surface area contributed by atoms with Gasteiger partial charge in [-0.05, 0) is 42.5 Å². The number of para-hydroxylation sites is 2. The number of hydrogen-bond donors (Lipinski definition) is 1. The molecule has 0 atom stereocenters. The first kappa shape index (κ1) is 19.0. The predicted molar refractivity (Wildman–Crippen MR) is 113 cm³/mol. The van der Waals surface area contributed by atoms with Gasteiger partial charge in [0.2, 0.25) is 0 Å². The molecule has 0 unspecified atom stereocenters. The highest BCUT2D eigenvalue weighted by molar-refractivity contribution is 7.82. The Labute approximate surface area is 149 Å². The number of benzene rings is 2. The summed E-state index contributed by atoms with van der Waals surface area (Å²) in [6.45, 7) is 14.1. The number of nitrogens with one attached hydrogen (secondary N) is 1. The SMILES string of the molecule is Cc1ccccc1Nc1ccccc1[P+](C)(CC(C)C)CC(C)C. The number of rotatable bonds is 7. The van der Waals surface area contributed by atoms with E-state index in [0.29, 0.717) is 0 Å². The van der Waals surface area contributed by atoms with Gasteiger partial charge in [-0.1, -0.05) is 58.0 Å². The van der Waals surface area contributed by atoms with Crippen molar-refractivity contribution in [3.05, 3.63) is 54.1 Å². The monoisotopic (exact) mass is 342 g/mol. The highest BCUT2D eigenvalue weighted by atomic mass is 31.2. The standard InChI is InChI=1S/C22H33NP/c1-17(2)15-24(6,16-18(3)4)22-14-10-9-13-21(22)23-20-12-8-7-11-19(20)5/h7-14,17-18,23H,15-16H2,1-6H3/q+1. The average molecular weight is 342 g/mol. The molecule has 0 aliphatic rings. The van der Waals surface area contributed by atoms with Crippen molar-refractivity contribution in [1.82, 2.24) is 0 Å². The normalized spacial score (nSPS) is 12.0. The van der Waals surface area contributed by atoms with E-state index >= 15 is 0 Å². The van der Waals surface area contributed by atoms with Crippen LogP contribution in [0.3, 0.4) is 0 Å². The van der Waals surface area contributed by atoms with Crippen molar-refractivity contribution in [3.63, 3.8) is 0 Å². The Morgan fingerprint density at radius 1 is 0.792 bits per heavy atom. The van der Waals surface area contributed by atoms with Crippen molar-refractivity contribution in [3.8, 4) is 0 Å². The summed E-state index contributed by atoms with van der Waals surface area (Å²) in [6, 6.07) is 17.5. The Balaban J connectivity index is 2.43. The number of aryl methyl sites for hydroxylation is 1. The summed E-state index contributed by atoms with van der Waals surface area (Å²) >= 11 is 0. The molecule has 130 valence electrons. The van der Waals surface area contributed by atoms with Gasteiger partial charge in [-0.2, -0.15) is 0 Å². The van der Waals surface area contributed by atoms with Gasteiger partial charge in [-0.3, -0.25) is 0 Å². The van der Waals surface area contributed by atoms with Gasteiger partial charge in [-0.25, -0.2) is 0 Å². The molecule has 2 aromatic rings. The maximum atomic E-state index is 3.72. The van der Waals surface area contributed by atoms with Gasteiger partial charge in [0.1, 0.15) is 5.30 Å². The summed E-state index contributed by atoms with van der Waals surface area (Å²) < 4.78 is 0. The van der Waals surface area contributed by atoms with Crippen LogP contribution in [0, 0.1) is 18.8 Å². The fourth-order valence-corrected chi connectivity index (χ4v) is 8.72. The molecule has 2 heteroatoms. The quantitative estimate of drug-likeness (QED) is 0.580. The van der Waals surface area contributed by atoms with Crippen LogP contribution in [-0.2, 0) is 0 Å². The third kappa shape index (κ3) is 4.84. The van der Waals surface area contributed by atoms with Crippen LogP contribution < -0.4 is 10.6 Å². The van der Waals surface area contributed by atoms with Gasteiger partial charge in [0.05, 0.1) is 24.7 Å². The Hall–Kier alpha value is -1.33. The zero-order valence-corrected chi connectivity index (χ0v) is 17.0. The molecule has 0 spiro atoms. The molecule has 0 bridgehead atoms. The molecular formula is C22H33NP+. The van der Waals surface area contributed by atoms with Crippen LogP contribution in [-0.4, -0.2) is 19.0 Å². The van der Waals surface area contributed by atoms with Crippen LogP contribution >= 0.6 is 7.26 Å².